The van der Waals surface area contributed by atoms with Gasteiger partial charge in [0, 0.05) is 17.3 Å². The van der Waals surface area contributed by atoms with Gasteiger partial charge in [-0.05, 0) is 30.2 Å². The number of rotatable bonds is 4. The van der Waals surface area contributed by atoms with Gasteiger partial charge in [0.15, 0.2) is 17.5 Å². The number of nitrogens with one attached hydrogen (secondary N) is 1. The van der Waals surface area contributed by atoms with Crippen molar-refractivity contribution in [2.24, 2.45) is 5.92 Å². The van der Waals surface area contributed by atoms with Crippen molar-refractivity contribution in [2.75, 3.05) is 5.32 Å². The summed E-state index contributed by atoms with van der Waals surface area (Å²) < 4.78 is 42.3. The first kappa shape index (κ1) is 16.6. The summed E-state index contributed by atoms with van der Waals surface area (Å²) in [5.74, 6) is -2.88. The second kappa shape index (κ2) is 6.14. The largest absolute Gasteiger partial charge is 0.392 e. The van der Waals surface area contributed by atoms with Gasteiger partial charge in [0.05, 0.1) is 18.7 Å². The molecule has 5 nitrogen and oxygen atoms in total. The number of carbonyl (C=O) groups excluding carboxylic acids is 1. The molecule has 1 saturated carbocycles. The number of pyridine rings is 1. The molecular formula is C18H14F3N3O2. The van der Waals surface area contributed by atoms with Crippen molar-refractivity contribution in [3.8, 4) is 11.1 Å². The van der Waals surface area contributed by atoms with Gasteiger partial charge in [-0.3, -0.25) is 4.79 Å². The number of hydrogen-bond acceptors (Lipinski definition) is 3. The first-order valence-electron chi connectivity index (χ1n) is 7.99. The van der Waals surface area contributed by atoms with Gasteiger partial charge in [0.25, 0.3) is 0 Å². The third-order valence-electron chi connectivity index (χ3n) is 4.39. The fraction of sp³-hybridized carbons (Fsp3) is 0.222. The summed E-state index contributed by atoms with van der Waals surface area (Å²) in [6, 6.07) is 5.40. The van der Waals surface area contributed by atoms with Gasteiger partial charge in [-0.25, -0.2) is 18.2 Å². The van der Waals surface area contributed by atoms with Crippen LogP contribution in [-0.2, 0) is 11.4 Å². The van der Waals surface area contributed by atoms with Crippen LogP contribution in [-0.4, -0.2) is 26.6 Å². The van der Waals surface area contributed by atoms with Crippen molar-refractivity contribution in [1.82, 2.24) is 9.38 Å². The second-order valence-corrected chi connectivity index (χ2v) is 6.21. The zero-order chi connectivity index (χ0) is 18.4. The minimum Gasteiger partial charge on any atom is -0.392 e. The number of alkyl halides is 1. The van der Waals surface area contributed by atoms with Crippen LogP contribution in [0.4, 0.5) is 19.0 Å². The number of amides is 1. The Morgan fingerprint density at radius 2 is 2.04 bits per heavy atom. The van der Waals surface area contributed by atoms with Gasteiger partial charge in [0.2, 0.25) is 5.91 Å². The van der Waals surface area contributed by atoms with Crippen LogP contribution in [0.2, 0.25) is 0 Å². The third kappa shape index (κ3) is 2.82. The van der Waals surface area contributed by atoms with Crippen molar-refractivity contribution in [1.29, 1.82) is 0 Å². The molecule has 8 heteroatoms. The maximum atomic E-state index is 14.2. The first-order valence-corrected chi connectivity index (χ1v) is 7.99. The van der Waals surface area contributed by atoms with Crippen LogP contribution in [0, 0.1) is 17.6 Å². The van der Waals surface area contributed by atoms with Crippen molar-refractivity contribution >= 4 is 17.4 Å². The van der Waals surface area contributed by atoms with E-state index in [4.69, 9.17) is 0 Å². The van der Waals surface area contributed by atoms with Crippen molar-refractivity contribution in [2.45, 2.75) is 19.2 Å². The highest BCUT2D eigenvalue weighted by Gasteiger charge is 2.43. The SMILES string of the molecule is O=C(Nc1cn2cc(-c3c(CO)ccc(F)c3F)ccc2n1)C1CC1F. The van der Waals surface area contributed by atoms with Crippen LogP contribution in [0.15, 0.2) is 36.7 Å². The monoisotopic (exact) mass is 361 g/mol. The average Bonchev–Trinajstić information content (AvgIpc) is 3.22. The lowest BCUT2D eigenvalue weighted by Gasteiger charge is -2.10. The Balaban J connectivity index is 1.70. The summed E-state index contributed by atoms with van der Waals surface area (Å²) in [5.41, 5.74) is 1.03. The number of aromatic nitrogens is 2. The molecule has 2 heterocycles. The molecule has 0 bridgehead atoms. The molecular weight excluding hydrogens is 347 g/mol. The van der Waals surface area contributed by atoms with E-state index in [-0.39, 0.29) is 23.4 Å². The molecule has 1 fully saturated rings. The van der Waals surface area contributed by atoms with Crippen LogP contribution in [0.5, 0.6) is 0 Å². The fourth-order valence-corrected chi connectivity index (χ4v) is 2.89. The van der Waals surface area contributed by atoms with E-state index in [0.29, 0.717) is 11.2 Å². The summed E-state index contributed by atoms with van der Waals surface area (Å²) >= 11 is 0. The molecule has 2 atom stereocenters. The molecule has 2 N–H and O–H groups in total. The molecule has 134 valence electrons. The maximum absolute atomic E-state index is 14.2. The van der Waals surface area contributed by atoms with Crippen LogP contribution in [0.1, 0.15) is 12.0 Å². The van der Waals surface area contributed by atoms with Gasteiger partial charge in [-0.2, -0.15) is 0 Å². The minimum atomic E-state index is -1.11. The van der Waals surface area contributed by atoms with Gasteiger partial charge in [-0.1, -0.05) is 6.07 Å². The smallest absolute Gasteiger partial charge is 0.231 e. The lowest BCUT2D eigenvalue weighted by Crippen LogP contribution is -2.15. The molecule has 0 spiro atoms. The predicted molar refractivity (Wildman–Crippen MR) is 88.1 cm³/mol. The number of hydrogen-bond donors (Lipinski definition) is 2. The Morgan fingerprint density at radius 1 is 1.27 bits per heavy atom. The Bertz CT molecular complexity index is 1020. The zero-order valence-electron chi connectivity index (χ0n) is 13.4. The highest BCUT2D eigenvalue weighted by atomic mass is 19.2. The number of nitrogens with zero attached hydrogens (tertiary/aromatic N) is 2. The van der Waals surface area contributed by atoms with Gasteiger partial charge < -0.3 is 14.8 Å². The predicted octanol–water partition coefficient (Wildman–Crippen LogP) is 3.07. The number of benzene rings is 1. The number of carbonyl (C=O) groups is 1. The van der Waals surface area contributed by atoms with E-state index < -0.39 is 36.2 Å². The standard InChI is InChI=1S/C18H14F3N3O2/c19-12-3-1-10(8-25)16(17(12)21)9-2-4-15-22-14(7-24(15)6-9)23-18(26)11-5-13(11)20/h1-4,6-7,11,13,25H,5,8H2,(H,23,26). The normalized spacial score (nSPS) is 18.9. The summed E-state index contributed by atoms with van der Waals surface area (Å²) in [7, 11) is 0. The molecule has 26 heavy (non-hydrogen) atoms. The summed E-state index contributed by atoms with van der Waals surface area (Å²) in [6.45, 7) is -0.443. The van der Waals surface area contributed by atoms with Crippen LogP contribution in [0.25, 0.3) is 16.8 Å². The molecule has 2 unspecified atom stereocenters. The van der Waals surface area contributed by atoms with Crippen molar-refractivity contribution in [3.05, 3.63) is 53.9 Å². The second-order valence-electron chi connectivity index (χ2n) is 6.21. The Kier molecular flexibility index (Phi) is 3.91. The van der Waals surface area contributed by atoms with Gasteiger partial charge >= 0.3 is 0 Å². The molecule has 0 saturated heterocycles. The average molecular weight is 361 g/mol. The van der Waals surface area contributed by atoms with Gasteiger partial charge in [-0.15, -0.1) is 0 Å². The summed E-state index contributed by atoms with van der Waals surface area (Å²) in [4.78, 5) is 16.0. The summed E-state index contributed by atoms with van der Waals surface area (Å²) in [6.07, 6.45) is 2.13. The highest BCUT2D eigenvalue weighted by molar-refractivity contribution is 5.94. The number of anilines is 1. The maximum Gasteiger partial charge on any atom is 0.231 e. The number of halogens is 3. The van der Waals surface area contributed by atoms with Crippen LogP contribution in [0.3, 0.4) is 0 Å². The number of aliphatic hydroxyl groups excluding tert-OH is 1. The Morgan fingerprint density at radius 3 is 2.73 bits per heavy atom. The van der Waals surface area contributed by atoms with Crippen molar-refractivity contribution in [3.63, 3.8) is 0 Å². The molecule has 1 aliphatic rings. The van der Waals surface area contributed by atoms with E-state index in [1.807, 2.05) is 0 Å². The number of fused-ring (bicyclic) bond motifs is 1. The number of aliphatic hydroxyl groups is 1. The van der Waals surface area contributed by atoms with Crippen molar-refractivity contribution < 1.29 is 23.1 Å². The molecule has 0 radical (unpaired) electrons. The summed E-state index contributed by atoms with van der Waals surface area (Å²) in [5, 5.41) is 11.9. The topological polar surface area (TPSA) is 66.6 Å². The Hall–Kier alpha value is -2.87. The van der Waals surface area contributed by atoms with E-state index >= 15 is 0 Å². The van der Waals surface area contributed by atoms with Gasteiger partial charge in [0.1, 0.15) is 11.8 Å². The van der Waals surface area contributed by atoms with Crippen LogP contribution >= 0.6 is 0 Å². The van der Waals surface area contributed by atoms with E-state index in [1.165, 1.54) is 22.9 Å². The van der Waals surface area contributed by atoms with E-state index in [0.717, 1.165) is 6.07 Å². The number of imidazole rings is 1. The minimum absolute atomic E-state index is 0.0352. The van der Waals surface area contributed by atoms with E-state index in [1.54, 1.807) is 12.1 Å². The molecule has 0 aliphatic heterocycles. The lowest BCUT2D eigenvalue weighted by molar-refractivity contribution is -0.117. The highest BCUT2D eigenvalue weighted by Crippen LogP contribution is 2.35. The quantitative estimate of drug-likeness (QED) is 0.751. The zero-order valence-corrected chi connectivity index (χ0v) is 13.4. The Labute approximate surface area is 146 Å². The molecule has 3 aromatic rings. The molecule has 4 rings (SSSR count). The lowest BCUT2D eigenvalue weighted by atomic mass is 10.0. The third-order valence-corrected chi connectivity index (χ3v) is 4.39. The fourth-order valence-electron chi connectivity index (χ4n) is 2.89. The molecule has 1 aromatic carbocycles. The first-order chi connectivity index (χ1) is 12.5. The van der Waals surface area contributed by atoms with E-state index in [2.05, 4.69) is 10.3 Å². The van der Waals surface area contributed by atoms with E-state index in [9.17, 15) is 23.1 Å². The molecule has 1 aliphatic carbocycles. The van der Waals surface area contributed by atoms with Crippen LogP contribution < -0.4 is 5.32 Å². The molecule has 2 aromatic heterocycles. The molecule has 1 amide bonds.